The lowest BCUT2D eigenvalue weighted by atomic mass is 9.78. The van der Waals surface area contributed by atoms with Crippen LogP contribution in [0.25, 0.3) is 0 Å². The lowest BCUT2D eigenvalue weighted by molar-refractivity contribution is -0.126. The highest BCUT2D eigenvalue weighted by molar-refractivity contribution is 5.95. The van der Waals surface area contributed by atoms with E-state index in [0.717, 1.165) is 24.4 Å². The van der Waals surface area contributed by atoms with Gasteiger partial charge in [-0.2, -0.15) is 0 Å². The molecule has 0 saturated heterocycles. The van der Waals surface area contributed by atoms with Gasteiger partial charge in [-0.1, -0.05) is 41.5 Å². The quantitative estimate of drug-likeness (QED) is 0.703. The Morgan fingerprint density at radius 1 is 1.06 bits per heavy atom. The van der Waals surface area contributed by atoms with Gasteiger partial charge in [0, 0.05) is 36.8 Å². The van der Waals surface area contributed by atoms with E-state index in [4.69, 9.17) is 0 Å². The molecular weight excluding hydrogens is 212 g/mol. The first-order chi connectivity index (χ1) is 7.55. The lowest BCUT2D eigenvalue weighted by Gasteiger charge is -2.32. The number of carbonyl (C=O) groups is 1. The van der Waals surface area contributed by atoms with Crippen molar-refractivity contribution in [3.63, 3.8) is 0 Å². The zero-order valence-electron chi connectivity index (χ0n) is 12.3. The summed E-state index contributed by atoms with van der Waals surface area (Å²) in [6, 6.07) is 0. The summed E-state index contributed by atoms with van der Waals surface area (Å²) in [7, 11) is 1.88. The SMILES string of the molecule is CN1CCNC(C(C)(C)C)=C(C(C)(C)C)C1=O. The topological polar surface area (TPSA) is 32.3 Å². The zero-order chi connectivity index (χ0) is 13.4. The fourth-order valence-electron chi connectivity index (χ4n) is 2.17. The van der Waals surface area contributed by atoms with Crippen molar-refractivity contribution < 1.29 is 4.79 Å². The van der Waals surface area contributed by atoms with Gasteiger partial charge in [0.15, 0.2) is 0 Å². The first kappa shape index (κ1) is 14.1. The van der Waals surface area contributed by atoms with Crippen LogP contribution in [0.2, 0.25) is 0 Å². The second-order valence-corrected chi connectivity index (χ2v) is 6.90. The van der Waals surface area contributed by atoms with E-state index >= 15 is 0 Å². The van der Waals surface area contributed by atoms with Crippen LogP contribution in [0.15, 0.2) is 11.3 Å². The van der Waals surface area contributed by atoms with Crippen molar-refractivity contribution >= 4 is 5.91 Å². The number of amides is 1. The number of hydrogen-bond acceptors (Lipinski definition) is 2. The Morgan fingerprint density at radius 3 is 2.00 bits per heavy atom. The van der Waals surface area contributed by atoms with Crippen LogP contribution >= 0.6 is 0 Å². The molecule has 1 rings (SSSR count). The van der Waals surface area contributed by atoms with Gasteiger partial charge in [0.2, 0.25) is 0 Å². The molecule has 3 heteroatoms. The number of nitrogens with one attached hydrogen (secondary N) is 1. The molecule has 0 aliphatic carbocycles. The molecule has 1 heterocycles. The molecule has 0 aromatic heterocycles. The summed E-state index contributed by atoms with van der Waals surface area (Å²) in [6.45, 7) is 14.4. The molecule has 0 aromatic carbocycles. The monoisotopic (exact) mass is 238 g/mol. The Bertz CT molecular complexity index is 342. The minimum atomic E-state index is -0.134. The van der Waals surface area contributed by atoms with Gasteiger partial charge in [0.1, 0.15) is 0 Å². The molecule has 0 bridgehead atoms. The number of hydrogen-bond donors (Lipinski definition) is 1. The predicted octanol–water partition coefficient (Wildman–Crippen LogP) is 2.39. The number of rotatable bonds is 0. The minimum Gasteiger partial charge on any atom is -0.386 e. The molecule has 17 heavy (non-hydrogen) atoms. The lowest BCUT2D eigenvalue weighted by Crippen LogP contribution is -2.34. The van der Waals surface area contributed by atoms with E-state index in [2.05, 4.69) is 46.9 Å². The average Bonchev–Trinajstić information content (AvgIpc) is 2.24. The second kappa shape index (κ2) is 4.35. The van der Waals surface area contributed by atoms with Crippen LogP contribution in [0.1, 0.15) is 41.5 Å². The molecule has 0 aromatic rings. The van der Waals surface area contributed by atoms with E-state index in [1.54, 1.807) is 0 Å². The van der Waals surface area contributed by atoms with Crippen LogP contribution in [-0.4, -0.2) is 30.9 Å². The molecule has 1 amide bonds. The summed E-state index contributed by atoms with van der Waals surface area (Å²) in [5.74, 6) is 0.160. The molecule has 0 fully saturated rings. The molecule has 0 saturated carbocycles. The molecule has 0 unspecified atom stereocenters. The van der Waals surface area contributed by atoms with Crippen molar-refractivity contribution in [2.24, 2.45) is 10.8 Å². The highest BCUT2D eigenvalue weighted by atomic mass is 16.2. The molecule has 1 N–H and O–H groups in total. The Labute approximate surface area is 105 Å². The fraction of sp³-hybridized carbons (Fsp3) is 0.786. The molecule has 0 spiro atoms. The van der Waals surface area contributed by atoms with Crippen LogP contribution in [0.5, 0.6) is 0 Å². The number of nitrogens with zero attached hydrogens (tertiary/aromatic N) is 1. The maximum absolute atomic E-state index is 12.5. The van der Waals surface area contributed by atoms with Gasteiger partial charge >= 0.3 is 0 Å². The maximum atomic E-state index is 12.5. The Balaban J connectivity index is 3.39. The number of carbonyl (C=O) groups excluding carboxylic acids is 1. The van der Waals surface area contributed by atoms with Crippen molar-refractivity contribution in [1.82, 2.24) is 10.2 Å². The van der Waals surface area contributed by atoms with Crippen LogP contribution in [-0.2, 0) is 4.79 Å². The summed E-state index contributed by atoms with van der Waals surface area (Å²) in [5.41, 5.74) is 1.86. The van der Waals surface area contributed by atoms with Gasteiger partial charge in [-0.05, 0) is 5.41 Å². The molecule has 98 valence electrons. The molecule has 1 aliphatic rings. The molecule has 0 radical (unpaired) electrons. The third-order valence-corrected chi connectivity index (χ3v) is 3.06. The van der Waals surface area contributed by atoms with E-state index < -0.39 is 0 Å². The van der Waals surface area contributed by atoms with Gasteiger partial charge in [-0.15, -0.1) is 0 Å². The largest absolute Gasteiger partial charge is 0.386 e. The summed E-state index contributed by atoms with van der Waals surface area (Å²) in [4.78, 5) is 14.3. The maximum Gasteiger partial charge on any atom is 0.251 e. The van der Waals surface area contributed by atoms with Crippen LogP contribution in [0, 0.1) is 10.8 Å². The summed E-state index contributed by atoms with van der Waals surface area (Å²) < 4.78 is 0. The second-order valence-electron chi connectivity index (χ2n) is 6.90. The first-order valence-corrected chi connectivity index (χ1v) is 6.29. The highest BCUT2D eigenvalue weighted by Gasteiger charge is 2.35. The van der Waals surface area contributed by atoms with Gasteiger partial charge < -0.3 is 10.2 Å². The fourth-order valence-corrected chi connectivity index (χ4v) is 2.17. The van der Waals surface area contributed by atoms with Crippen LogP contribution < -0.4 is 5.32 Å². The Morgan fingerprint density at radius 2 is 1.59 bits per heavy atom. The molecular formula is C14H26N2O. The third kappa shape index (κ3) is 3.02. The van der Waals surface area contributed by atoms with Gasteiger partial charge in [0.05, 0.1) is 0 Å². The van der Waals surface area contributed by atoms with Crippen LogP contribution in [0.4, 0.5) is 0 Å². The van der Waals surface area contributed by atoms with Crippen molar-refractivity contribution in [1.29, 1.82) is 0 Å². The predicted molar refractivity (Wildman–Crippen MR) is 71.6 cm³/mol. The average molecular weight is 238 g/mol. The minimum absolute atomic E-state index is 0.0244. The summed E-state index contributed by atoms with van der Waals surface area (Å²) in [6.07, 6.45) is 0. The first-order valence-electron chi connectivity index (χ1n) is 6.29. The van der Waals surface area contributed by atoms with E-state index in [1.165, 1.54) is 0 Å². The van der Waals surface area contributed by atoms with Gasteiger partial charge in [0.25, 0.3) is 5.91 Å². The van der Waals surface area contributed by atoms with Crippen molar-refractivity contribution in [2.75, 3.05) is 20.1 Å². The van der Waals surface area contributed by atoms with Crippen LogP contribution in [0.3, 0.4) is 0 Å². The standard InChI is InChI=1S/C14H26N2O/c1-13(2,3)10-11(14(4,5)6)15-8-9-16(7)12(10)17/h15H,8-9H2,1-7H3. The van der Waals surface area contributed by atoms with E-state index in [-0.39, 0.29) is 16.7 Å². The highest BCUT2D eigenvalue weighted by Crippen LogP contribution is 2.36. The third-order valence-electron chi connectivity index (χ3n) is 3.06. The molecule has 3 nitrogen and oxygen atoms in total. The Hall–Kier alpha value is -0.990. The van der Waals surface area contributed by atoms with Crippen molar-refractivity contribution in [2.45, 2.75) is 41.5 Å². The van der Waals surface area contributed by atoms with Crippen molar-refractivity contribution in [3.05, 3.63) is 11.3 Å². The summed E-state index contributed by atoms with van der Waals surface area (Å²) >= 11 is 0. The Kier molecular flexibility index (Phi) is 3.60. The number of allylic oxidation sites excluding steroid dienone is 1. The van der Waals surface area contributed by atoms with Gasteiger partial charge in [-0.3, -0.25) is 4.79 Å². The van der Waals surface area contributed by atoms with Gasteiger partial charge in [-0.25, -0.2) is 0 Å². The number of likely N-dealkylation sites (N-methyl/N-ethyl adjacent to an activating group) is 1. The van der Waals surface area contributed by atoms with E-state index in [0.29, 0.717) is 0 Å². The van der Waals surface area contributed by atoms with E-state index in [1.807, 2.05) is 11.9 Å². The van der Waals surface area contributed by atoms with E-state index in [9.17, 15) is 4.79 Å². The molecule has 1 aliphatic heterocycles. The normalized spacial score (nSPS) is 19.2. The zero-order valence-corrected chi connectivity index (χ0v) is 12.3. The smallest absolute Gasteiger partial charge is 0.251 e. The summed E-state index contributed by atoms with van der Waals surface area (Å²) in [5, 5.41) is 3.46. The van der Waals surface area contributed by atoms with Crippen molar-refractivity contribution in [3.8, 4) is 0 Å². The molecule has 0 atom stereocenters.